The topological polar surface area (TPSA) is 44.5 Å². The molecule has 0 aromatic rings. The van der Waals surface area contributed by atoms with Crippen LogP contribution in [0.15, 0.2) is 0 Å². The van der Waals surface area contributed by atoms with Crippen LogP contribution >= 0.6 is 0 Å². The third-order valence-corrected chi connectivity index (χ3v) is 2.08. The van der Waals surface area contributed by atoms with E-state index in [2.05, 4.69) is 43.3 Å². The van der Waals surface area contributed by atoms with E-state index in [-0.39, 0.29) is 6.17 Å². The quantitative estimate of drug-likeness (QED) is 0.421. The zero-order chi connectivity index (χ0) is 11.0. The summed E-state index contributed by atoms with van der Waals surface area (Å²) in [5.41, 5.74) is 5.89. The standard InChI is InChI=1S/C10H26N4/c1-13(2)8-5-7-12-10(11)6-9-14(3)4/h10,12H,5-9,11H2,1-4H3. The first-order valence-corrected chi connectivity index (χ1v) is 5.31. The summed E-state index contributed by atoms with van der Waals surface area (Å²) in [5, 5.41) is 3.32. The van der Waals surface area contributed by atoms with Gasteiger partial charge in [0.25, 0.3) is 0 Å². The molecule has 0 bridgehead atoms. The molecule has 0 saturated carbocycles. The summed E-state index contributed by atoms with van der Waals surface area (Å²) in [6.07, 6.45) is 2.30. The Kier molecular flexibility index (Phi) is 8.08. The van der Waals surface area contributed by atoms with Gasteiger partial charge in [-0.2, -0.15) is 0 Å². The number of hydrogen-bond donors (Lipinski definition) is 2. The van der Waals surface area contributed by atoms with Gasteiger partial charge in [0, 0.05) is 6.54 Å². The summed E-state index contributed by atoms with van der Waals surface area (Å²) < 4.78 is 0. The zero-order valence-corrected chi connectivity index (χ0v) is 10.1. The molecule has 3 N–H and O–H groups in total. The number of nitrogens with two attached hydrogens (primary N) is 1. The molecule has 0 aliphatic carbocycles. The maximum Gasteiger partial charge on any atom is 0.0558 e. The number of nitrogens with one attached hydrogen (secondary N) is 1. The maximum atomic E-state index is 5.89. The summed E-state index contributed by atoms with van der Waals surface area (Å²) in [4.78, 5) is 4.34. The number of rotatable bonds is 8. The van der Waals surface area contributed by atoms with Gasteiger partial charge in [-0.3, -0.25) is 0 Å². The third-order valence-electron chi connectivity index (χ3n) is 2.08. The summed E-state index contributed by atoms with van der Waals surface area (Å²) in [6.45, 7) is 3.17. The van der Waals surface area contributed by atoms with Crippen LogP contribution in [-0.2, 0) is 0 Å². The van der Waals surface area contributed by atoms with E-state index in [0.717, 1.165) is 32.5 Å². The molecule has 0 rings (SSSR count). The molecule has 14 heavy (non-hydrogen) atoms. The molecular weight excluding hydrogens is 176 g/mol. The van der Waals surface area contributed by atoms with E-state index in [4.69, 9.17) is 5.73 Å². The van der Waals surface area contributed by atoms with Gasteiger partial charge in [-0.15, -0.1) is 0 Å². The van der Waals surface area contributed by atoms with E-state index in [1.807, 2.05) is 0 Å². The van der Waals surface area contributed by atoms with Gasteiger partial charge < -0.3 is 20.9 Å². The van der Waals surface area contributed by atoms with Gasteiger partial charge in [0.05, 0.1) is 6.17 Å². The minimum absolute atomic E-state index is 0.138. The van der Waals surface area contributed by atoms with Crippen LogP contribution in [0.25, 0.3) is 0 Å². The molecule has 0 saturated heterocycles. The van der Waals surface area contributed by atoms with Crippen LogP contribution in [0.5, 0.6) is 0 Å². The SMILES string of the molecule is CN(C)CCCNC(N)CCN(C)C. The van der Waals surface area contributed by atoms with Crippen molar-refractivity contribution in [1.82, 2.24) is 15.1 Å². The minimum atomic E-state index is 0.138. The summed E-state index contributed by atoms with van der Waals surface area (Å²) in [7, 11) is 8.31. The average molecular weight is 202 g/mol. The van der Waals surface area contributed by atoms with Gasteiger partial charge in [-0.05, 0) is 54.1 Å². The molecule has 86 valence electrons. The van der Waals surface area contributed by atoms with Crippen LogP contribution in [0.2, 0.25) is 0 Å². The lowest BCUT2D eigenvalue weighted by atomic mass is 10.3. The molecule has 0 radical (unpaired) electrons. The highest BCUT2D eigenvalue weighted by atomic mass is 15.1. The second kappa shape index (κ2) is 8.17. The van der Waals surface area contributed by atoms with Crippen molar-refractivity contribution in [3.05, 3.63) is 0 Å². The fraction of sp³-hybridized carbons (Fsp3) is 1.00. The second-order valence-electron chi connectivity index (χ2n) is 4.31. The molecular formula is C10H26N4. The third kappa shape index (κ3) is 9.92. The molecule has 4 nitrogen and oxygen atoms in total. The van der Waals surface area contributed by atoms with Crippen LogP contribution < -0.4 is 11.1 Å². The Morgan fingerprint density at radius 3 is 2.14 bits per heavy atom. The lowest BCUT2D eigenvalue weighted by Gasteiger charge is -2.17. The van der Waals surface area contributed by atoms with Gasteiger partial charge in [-0.1, -0.05) is 0 Å². The molecule has 0 spiro atoms. The van der Waals surface area contributed by atoms with E-state index in [1.54, 1.807) is 0 Å². The van der Waals surface area contributed by atoms with Crippen molar-refractivity contribution in [3.8, 4) is 0 Å². The predicted octanol–water partition coefficient (Wildman–Crippen LogP) is -0.236. The highest BCUT2D eigenvalue weighted by Crippen LogP contribution is 1.88. The largest absolute Gasteiger partial charge is 0.316 e. The first kappa shape index (κ1) is 13.8. The number of hydrogen-bond acceptors (Lipinski definition) is 4. The van der Waals surface area contributed by atoms with Crippen molar-refractivity contribution in [2.45, 2.75) is 19.0 Å². The average Bonchev–Trinajstić information content (AvgIpc) is 2.08. The molecule has 0 heterocycles. The summed E-state index contributed by atoms with van der Waals surface area (Å²) in [6, 6.07) is 0. The molecule has 0 aliphatic rings. The highest BCUT2D eigenvalue weighted by molar-refractivity contribution is 4.61. The van der Waals surface area contributed by atoms with Gasteiger partial charge in [0.1, 0.15) is 0 Å². The Labute approximate surface area is 88.4 Å². The second-order valence-corrected chi connectivity index (χ2v) is 4.31. The van der Waals surface area contributed by atoms with Crippen molar-refractivity contribution in [2.24, 2.45) is 5.73 Å². The Morgan fingerprint density at radius 1 is 1.07 bits per heavy atom. The molecule has 0 amide bonds. The molecule has 0 aromatic heterocycles. The van der Waals surface area contributed by atoms with Crippen molar-refractivity contribution < 1.29 is 0 Å². The normalized spacial score (nSPS) is 13.9. The maximum absolute atomic E-state index is 5.89. The smallest absolute Gasteiger partial charge is 0.0558 e. The van der Waals surface area contributed by atoms with Crippen LogP contribution in [0.4, 0.5) is 0 Å². The molecule has 0 fully saturated rings. The highest BCUT2D eigenvalue weighted by Gasteiger charge is 2.01. The fourth-order valence-electron chi connectivity index (χ4n) is 1.18. The minimum Gasteiger partial charge on any atom is -0.316 e. The summed E-state index contributed by atoms with van der Waals surface area (Å²) >= 11 is 0. The van der Waals surface area contributed by atoms with Crippen LogP contribution in [0, 0.1) is 0 Å². The Bertz CT molecular complexity index is 125. The lowest BCUT2D eigenvalue weighted by Crippen LogP contribution is -2.40. The van der Waals surface area contributed by atoms with Gasteiger partial charge in [-0.25, -0.2) is 0 Å². The molecule has 4 heteroatoms. The van der Waals surface area contributed by atoms with Crippen LogP contribution in [0.3, 0.4) is 0 Å². The molecule has 0 aromatic carbocycles. The summed E-state index contributed by atoms with van der Waals surface area (Å²) in [5.74, 6) is 0. The van der Waals surface area contributed by atoms with Crippen molar-refractivity contribution in [2.75, 3.05) is 47.8 Å². The molecule has 1 unspecified atom stereocenters. The molecule has 1 atom stereocenters. The fourth-order valence-corrected chi connectivity index (χ4v) is 1.18. The monoisotopic (exact) mass is 202 g/mol. The Morgan fingerprint density at radius 2 is 1.64 bits per heavy atom. The van der Waals surface area contributed by atoms with E-state index >= 15 is 0 Å². The van der Waals surface area contributed by atoms with Crippen LogP contribution in [-0.4, -0.2) is 63.8 Å². The van der Waals surface area contributed by atoms with E-state index in [1.165, 1.54) is 0 Å². The van der Waals surface area contributed by atoms with Crippen molar-refractivity contribution >= 4 is 0 Å². The lowest BCUT2D eigenvalue weighted by molar-refractivity contribution is 0.349. The van der Waals surface area contributed by atoms with E-state index in [9.17, 15) is 0 Å². The Balaban J connectivity index is 3.22. The molecule has 0 aliphatic heterocycles. The predicted molar refractivity (Wildman–Crippen MR) is 62.3 cm³/mol. The van der Waals surface area contributed by atoms with Gasteiger partial charge in [0.2, 0.25) is 0 Å². The van der Waals surface area contributed by atoms with Crippen LogP contribution in [0.1, 0.15) is 12.8 Å². The van der Waals surface area contributed by atoms with E-state index < -0.39 is 0 Å². The zero-order valence-electron chi connectivity index (χ0n) is 10.1. The Hall–Kier alpha value is -0.160. The first-order valence-electron chi connectivity index (χ1n) is 5.31. The van der Waals surface area contributed by atoms with Gasteiger partial charge in [0.15, 0.2) is 0 Å². The number of nitrogens with zero attached hydrogens (tertiary/aromatic N) is 2. The van der Waals surface area contributed by atoms with Gasteiger partial charge >= 0.3 is 0 Å². The van der Waals surface area contributed by atoms with Crippen molar-refractivity contribution in [3.63, 3.8) is 0 Å². The first-order chi connectivity index (χ1) is 6.52. The van der Waals surface area contributed by atoms with E-state index in [0.29, 0.717) is 0 Å². The van der Waals surface area contributed by atoms with Crippen molar-refractivity contribution in [1.29, 1.82) is 0 Å².